The van der Waals surface area contributed by atoms with Crippen molar-refractivity contribution in [2.75, 3.05) is 0 Å². The summed E-state index contributed by atoms with van der Waals surface area (Å²) in [6.45, 7) is 8.19. The number of rotatable bonds is 10. The summed E-state index contributed by atoms with van der Waals surface area (Å²) in [4.78, 5) is 11.7. The van der Waals surface area contributed by atoms with Crippen LogP contribution in [0.1, 0.15) is 81.3 Å². The number of aromatic hydroxyl groups is 2. The summed E-state index contributed by atoms with van der Waals surface area (Å²) in [7, 11) is 0. The van der Waals surface area contributed by atoms with E-state index in [-0.39, 0.29) is 34.3 Å². The lowest BCUT2D eigenvalue weighted by Gasteiger charge is -2.14. The predicted molar refractivity (Wildman–Crippen MR) is 106 cm³/mol. The highest BCUT2D eigenvalue weighted by atomic mass is 16.6. The molecule has 0 aliphatic carbocycles. The molecule has 1 aromatic carbocycles. The van der Waals surface area contributed by atoms with Gasteiger partial charge in [-0.1, -0.05) is 31.4 Å². The Balaban J connectivity index is 2.17. The average Bonchev–Trinajstić information content (AvgIpc) is 3.20. The molecule has 0 aromatic heterocycles. The number of hydrogen-bond acceptors (Lipinski definition) is 4. The summed E-state index contributed by atoms with van der Waals surface area (Å²) >= 11 is 0. The highest BCUT2D eigenvalue weighted by Gasteiger charge is 2.51. The number of ether oxygens (including phenoxy) is 1. The summed E-state index contributed by atoms with van der Waals surface area (Å²) in [5, 5.41) is 30.5. The molecule has 1 aromatic rings. The fraction of sp³-hybridized carbons (Fsp3) is 0.591. The number of carboxylic acid groups (broad SMARTS) is 1. The maximum atomic E-state index is 11.7. The van der Waals surface area contributed by atoms with E-state index in [1.807, 2.05) is 6.92 Å². The first-order valence-corrected chi connectivity index (χ1v) is 9.80. The second-order valence-corrected chi connectivity index (χ2v) is 7.96. The summed E-state index contributed by atoms with van der Waals surface area (Å²) in [6.07, 6.45) is 7.43. The number of phenolic OH excluding ortho intramolecular Hbond substituents is 1. The van der Waals surface area contributed by atoms with Crippen molar-refractivity contribution in [2.45, 2.75) is 84.3 Å². The van der Waals surface area contributed by atoms with Crippen LogP contribution in [0.5, 0.6) is 11.5 Å². The second-order valence-electron chi connectivity index (χ2n) is 7.96. The number of benzene rings is 1. The van der Waals surface area contributed by atoms with Crippen molar-refractivity contribution in [2.24, 2.45) is 0 Å². The van der Waals surface area contributed by atoms with Crippen LogP contribution < -0.4 is 0 Å². The second kappa shape index (κ2) is 8.79. The smallest absolute Gasteiger partial charge is 0.339 e. The van der Waals surface area contributed by atoms with Crippen molar-refractivity contribution < 1.29 is 24.9 Å². The molecule has 0 bridgehead atoms. The van der Waals surface area contributed by atoms with E-state index >= 15 is 0 Å². The molecular weight excluding hydrogens is 344 g/mol. The highest BCUT2D eigenvalue weighted by molar-refractivity contribution is 5.93. The number of aromatic carboxylic acids is 1. The summed E-state index contributed by atoms with van der Waals surface area (Å²) in [5.74, 6) is -1.54. The molecule has 1 aliphatic rings. The molecule has 5 nitrogen and oxygen atoms in total. The Morgan fingerprint density at radius 3 is 2.59 bits per heavy atom. The van der Waals surface area contributed by atoms with Gasteiger partial charge in [-0.05, 0) is 58.1 Å². The molecule has 3 N–H and O–H groups in total. The maximum Gasteiger partial charge on any atom is 0.339 e. The first kappa shape index (κ1) is 21.3. The molecule has 2 rings (SSSR count). The van der Waals surface area contributed by atoms with Gasteiger partial charge in [-0.15, -0.1) is 0 Å². The van der Waals surface area contributed by atoms with Gasteiger partial charge in [-0.25, -0.2) is 4.79 Å². The number of hydrogen-bond donors (Lipinski definition) is 3. The number of carbonyl (C=O) groups is 1. The van der Waals surface area contributed by atoms with Gasteiger partial charge >= 0.3 is 5.97 Å². The van der Waals surface area contributed by atoms with Crippen LogP contribution in [-0.4, -0.2) is 33.0 Å². The Bertz CT molecular complexity index is 718. The van der Waals surface area contributed by atoms with Gasteiger partial charge in [0.15, 0.2) is 0 Å². The monoisotopic (exact) mass is 376 g/mol. The largest absolute Gasteiger partial charge is 0.508 e. The van der Waals surface area contributed by atoms with Crippen LogP contribution in [0.15, 0.2) is 17.7 Å². The number of allylic oxidation sites excluding steroid dienone is 2. The van der Waals surface area contributed by atoms with E-state index in [1.54, 1.807) is 0 Å². The van der Waals surface area contributed by atoms with Gasteiger partial charge in [-0.3, -0.25) is 0 Å². The fourth-order valence-corrected chi connectivity index (χ4v) is 3.55. The third-order valence-corrected chi connectivity index (χ3v) is 5.35. The molecule has 0 amide bonds. The topological polar surface area (TPSA) is 90.3 Å². The number of epoxide rings is 1. The van der Waals surface area contributed by atoms with E-state index in [4.69, 9.17) is 4.74 Å². The fourth-order valence-electron chi connectivity index (χ4n) is 3.55. The maximum absolute atomic E-state index is 11.7. The first-order chi connectivity index (χ1) is 12.7. The molecule has 1 saturated heterocycles. The zero-order valence-electron chi connectivity index (χ0n) is 16.8. The lowest BCUT2D eigenvalue weighted by molar-refractivity contribution is 0.0692. The van der Waals surface area contributed by atoms with Crippen molar-refractivity contribution in [1.82, 2.24) is 0 Å². The molecule has 0 unspecified atom stereocenters. The van der Waals surface area contributed by atoms with Gasteiger partial charge in [0, 0.05) is 12.0 Å². The Morgan fingerprint density at radius 2 is 2.00 bits per heavy atom. The number of unbranched alkanes of at least 4 members (excludes halogenated alkanes) is 2. The van der Waals surface area contributed by atoms with Crippen LogP contribution in [-0.2, 0) is 17.6 Å². The first-order valence-electron chi connectivity index (χ1n) is 9.80. The molecule has 0 radical (unpaired) electrons. The van der Waals surface area contributed by atoms with Gasteiger partial charge in [0.25, 0.3) is 0 Å². The Labute approximate surface area is 161 Å². The Morgan fingerprint density at radius 1 is 1.30 bits per heavy atom. The number of phenols is 2. The minimum Gasteiger partial charge on any atom is -0.508 e. The van der Waals surface area contributed by atoms with Crippen LogP contribution in [0.4, 0.5) is 0 Å². The van der Waals surface area contributed by atoms with Crippen LogP contribution >= 0.6 is 0 Å². The highest BCUT2D eigenvalue weighted by Crippen LogP contribution is 2.45. The van der Waals surface area contributed by atoms with Crippen LogP contribution in [0.3, 0.4) is 0 Å². The lowest BCUT2D eigenvalue weighted by atomic mass is 9.91. The van der Waals surface area contributed by atoms with Gasteiger partial charge < -0.3 is 20.1 Å². The van der Waals surface area contributed by atoms with Crippen LogP contribution in [0.25, 0.3) is 0 Å². The molecule has 27 heavy (non-hydrogen) atoms. The van der Waals surface area contributed by atoms with Crippen molar-refractivity contribution >= 4 is 5.97 Å². The minimum absolute atomic E-state index is 0.0499. The predicted octanol–water partition coefficient (Wildman–Crippen LogP) is 4.98. The van der Waals surface area contributed by atoms with Crippen molar-refractivity contribution in [3.8, 4) is 11.5 Å². The van der Waals surface area contributed by atoms with E-state index in [0.717, 1.165) is 32.1 Å². The normalized spacial score (nSPS) is 21.1. The minimum atomic E-state index is -1.16. The number of aryl methyl sites for hydroxylation is 1. The third kappa shape index (κ3) is 5.25. The lowest BCUT2D eigenvalue weighted by Crippen LogP contribution is -2.13. The molecule has 0 saturated carbocycles. The Hall–Kier alpha value is -2.01. The molecule has 1 aliphatic heterocycles. The molecule has 150 valence electrons. The molecular formula is C22H32O5. The number of carboxylic acids is 1. The summed E-state index contributed by atoms with van der Waals surface area (Å²) in [6, 6.07) is 1.50. The SMILES string of the molecule is CCCCCc1cc(O)c(C[C@H]2O[C@@]2(C)CCC=C(C)C)c(O)c1C(=O)O. The van der Waals surface area contributed by atoms with Gasteiger partial charge in [0.05, 0.1) is 11.7 Å². The standard InChI is InChI=1S/C22H32O5/c1-5-6-7-10-15-12-17(23)16(20(24)19(15)21(25)26)13-18-22(4,27-18)11-8-9-14(2)3/h9,12,18,23-24H,5-8,10-11,13H2,1-4H3,(H,25,26)/t18-,22+/m1/s1. The third-order valence-electron chi connectivity index (χ3n) is 5.35. The molecule has 1 heterocycles. The van der Waals surface area contributed by atoms with Crippen molar-refractivity contribution in [1.29, 1.82) is 0 Å². The molecule has 1 fully saturated rings. The average molecular weight is 376 g/mol. The summed E-state index contributed by atoms with van der Waals surface area (Å²) < 4.78 is 5.81. The van der Waals surface area contributed by atoms with E-state index in [1.165, 1.54) is 11.6 Å². The zero-order valence-corrected chi connectivity index (χ0v) is 16.8. The quantitative estimate of drug-likeness (QED) is 0.304. The summed E-state index contributed by atoms with van der Waals surface area (Å²) in [5.41, 5.74) is 1.62. The van der Waals surface area contributed by atoms with Crippen LogP contribution in [0.2, 0.25) is 0 Å². The Kier molecular flexibility index (Phi) is 6.93. The van der Waals surface area contributed by atoms with E-state index in [0.29, 0.717) is 18.4 Å². The van der Waals surface area contributed by atoms with Crippen molar-refractivity contribution in [3.05, 3.63) is 34.4 Å². The van der Waals surface area contributed by atoms with Gasteiger partial charge in [0.1, 0.15) is 17.1 Å². The molecule has 2 atom stereocenters. The van der Waals surface area contributed by atoms with Gasteiger partial charge in [-0.2, -0.15) is 0 Å². The van der Waals surface area contributed by atoms with Crippen molar-refractivity contribution in [3.63, 3.8) is 0 Å². The zero-order chi connectivity index (χ0) is 20.2. The van der Waals surface area contributed by atoms with E-state index in [2.05, 4.69) is 26.8 Å². The van der Waals surface area contributed by atoms with Gasteiger partial charge in [0.2, 0.25) is 0 Å². The van der Waals surface area contributed by atoms with E-state index in [9.17, 15) is 20.1 Å². The molecule has 5 heteroatoms. The van der Waals surface area contributed by atoms with E-state index < -0.39 is 5.97 Å². The molecule has 0 spiro atoms. The van der Waals surface area contributed by atoms with Crippen LogP contribution in [0, 0.1) is 0 Å².